The number of anilines is 2. The van der Waals surface area contributed by atoms with E-state index in [0.29, 0.717) is 12.1 Å². The molecule has 1 fully saturated rings. The van der Waals surface area contributed by atoms with E-state index >= 15 is 0 Å². The SMILES string of the molecule is Cc1c(F)ccc(-c2cc(N3CC(O)CC3CO)ncc2N(C)C(=O)C(C)(C)c2cc(C(F)(F)F)cc(C(F)(F)F)c2)c1O. The van der Waals surface area contributed by atoms with Gasteiger partial charge in [-0.2, -0.15) is 26.3 Å². The van der Waals surface area contributed by atoms with Crippen LogP contribution in [0.3, 0.4) is 0 Å². The first-order chi connectivity index (χ1) is 20.3. The molecule has 1 amide bonds. The zero-order valence-corrected chi connectivity index (χ0v) is 24.1. The zero-order valence-electron chi connectivity index (χ0n) is 24.1. The van der Waals surface area contributed by atoms with Gasteiger partial charge in [0.25, 0.3) is 0 Å². The predicted molar refractivity (Wildman–Crippen MR) is 148 cm³/mol. The summed E-state index contributed by atoms with van der Waals surface area (Å²) >= 11 is 0. The molecule has 3 aromatic rings. The maximum Gasteiger partial charge on any atom is 0.416 e. The van der Waals surface area contributed by atoms with Gasteiger partial charge in [0.05, 0.1) is 47.2 Å². The summed E-state index contributed by atoms with van der Waals surface area (Å²) in [6.07, 6.45) is -9.58. The Kier molecular flexibility index (Phi) is 8.66. The molecule has 4 rings (SSSR count). The molecule has 2 atom stereocenters. The number of nitrogens with zero attached hydrogens (tertiary/aromatic N) is 3. The van der Waals surface area contributed by atoms with E-state index < -0.39 is 64.1 Å². The molecule has 238 valence electrons. The number of carbonyl (C=O) groups excluding carboxylic acids is 1. The highest BCUT2D eigenvalue weighted by molar-refractivity contribution is 6.03. The summed E-state index contributed by atoms with van der Waals surface area (Å²) in [5, 5.41) is 30.8. The zero-order chi connectivity index (χ0) is 32.9. The average Bonchev–Trinajstić information content (AvgIpc) is 3.34. The molecule has 0 radical (unpaired) electrons. The van der Waals surface area contributed by atoms with Crippen molar-refractivity contribution in [1.29, 1.82) is 0 Å². The third kappa shape index (κ3) is 6.18. The molecule has 2 aromatic carbocycles. The number of halogens is 7. The van der Waals surface area contributed by atoms with E-state index in [1.807, 2.05) is 0 Å². The lowest BCUT2D eigenvalue weighted by atomic mass is 9.81. The first-order valence-corrected chi connectivity index (χ1v) is 13.4. The van der Waals surface area contributed by atoms with Crippen molar-refractivity contribution in [2.75, 3.05) is 30.0 Å². The standard InChI is InChI=1S/C30H30F7N3O4/c1-15-23(31)6-5-21(26(15)43)22-11-25(40-13-20(42)10-19(40)14-41)38-12-24(22)39(4)27(44)28(2,3)16-7-17(29(32,33)34)9-18(8-16)30(35,36)37/h5-9,11-12,19-20,41-43H,10,13-14H2,1-4H3. The number of amides is 1. The van der Waals surface area contributed by atoms with Crippen LogP contribution in [0.4, 0.5) is 42.2 Å². The number of hydrogen-bond acceptors (Lipinski definition) is 6. The number of phenolic OH excluding ortho intramolecular Hbond substituents is 1. The molecule has 7 nitrogen and oxygen atoms in total. The number of rotatable bonds is 6. The second-order valence-corrected chi connectivity index (χ2v) is 11.3. The molecule has 1 aromatic heterocycles. The molecule has 0 aliphatic carbocycles. The van der Waals surface area contributed by atoms with Crippen LogP contribution >= 0.6 is 0 Å². The number of carbonyl (C=O) groups is 1. The minimum absolute atomic E-state index is 0.00329. The molecule has 0 saturated carbocycles. The van der Waals surface area contributed by atoms with Crippen LogP contribution in [0.25, 0.3) is 11.1 Å². The van der Waals surface area contributed by atoms with Gasteiger partial charge in [-0.3, -0.25) is 4.79 Å². The van der Waals surface area contributed by atoms with Crippen LogP contribution in [0.5, 0.6) is 5.75 Å². The van der Waals surface area contributed by atoms with Gasteiger partial charge < -0.3 is 25.1 Å². The summed E-state index contributed by atoms with van der Waals surface area (Å²) in [5.74, 6) is -1.88. The van der Waals surface area contributed by atoms with Gasteiger partial charge in [0.1, 0.15) is 17.4 Å². The minimum Gasteiger partial charge on any atom is -0.507 e. The van der Waals surface area contributed by atoms with Crippen molar-refractivity contribution in [1.82, 2.24) is 4.98 Å². The van der Waals surface area contributed by atoms with Crippen molar-refractivity contribution in [2.24, 2.45) is 0 Å². The first kappa shape index (κ1) is 33.0. The highest BCUT2D eigenvalue weighted by atomic mass is 19.4. The van der Waals surface area contributed by atoms with Crippen LogP contribution in [0.15, 0.2) is 42.6 Å². The second kappa shape index (κ2) is 11.5. The Bertz CT molecular complexity index is 1540. The maximum atomic E-state index is 14.2. The normalized spacial score (nSPS) is 17.7. The average molecular weight is 630 g/mol. The summed E-state index contributed by atoms with van der Waals surface area (Å²) in [5.41, 5.74) is -5.57. The Morgan fingerprint density at radius 2 is 1.57 bits per heavy atom. The van der Waals surface area contributed by atoms with Gasteiger partial charge in [0.2, 0.25) is 5.91 Å². The maximum absolute atomic E-state index is 14.2. The van der Waals surface area contributed by atoms with Crippen molar-refractivity contribution in [2.45, 2.75) is 57.1 Å². The third-order valence-electron chi connectivity index (χ3n) is 7.93. The number of pyridine rings is 1. The van der Waals surface area contributed by atoms with Crippen LogP contribution in [0, 0.1) is 12.7 Å². The van der Waals surface area contributed by atoms with Crippen LogP contribution in [0.1, 0.15) is 42.5 Å². The molecule has 1 aliphatic rings. The molecular weight excluding hydrogens is 599 g/mol. The van der Waals surface area contributed by atoms with Gasteiger partial charge in [-0.25, -0.2) is 9.37 Å². The first-order valence-electron chi connectivity index (χ1n) is 13.4. The summed E-state index contributed by atoms with van der Waals surface area (Å²) in [6, 6.07) is 4.21. The van der Waals surface area contributed by atoms with Gasteiger partial charge in [-0.15, -0.1) is 0 Å². The lowest BCUT2D eigenvalue weighted by Crippen LogP contribution is -2.42. The van der Waals surface area contributed by atoms with E-state index in [4.69, 9.17) is 0 Å². The van der Waals surface area contributed by atoms with Gasteiger partial charge >= 0.3 is 12.4 Å². The number of phenols is 1. The van der Waals surface area contributed by atoms with Gasteiger partial charge in [-0.1, -0.05) is 0 Å². The van der Waals surface area contributed by atoms with E-state index in [1.165, 1.54) is 46.1 Å². The van der Waals surface area contributed by atoms with Gasteiger partial charge in [0.15, 0.2) is 0 Å². The Morgan fingerprint density at radius 3 is 2.11 bits per heavy atom. The number of aliphatic hydroxyl groups excluding tert-OH is 2. The molecule has 44 heavy (non-hydrogen) atoms. The lowest BCUT2D eigenvalue weighted by Gasteiger charge is -2.32. The summed E-state index contributed by atoms with van der Waals surface area (Å²) < 4.78 is 95.7. The number of aromatic nitrogens is 1. The van der Waals surface area contributed by atoms with E-state index in [0.717, 1.165) is 11.0 Å². The molecule has 0 bridgehead atoms. The van der Waals surface area contributed by atoms with Crippen molar-refractivity contribution < 1.29 is 50.8 Å². The largest absolute Gasteiger partial charge is 0.507 e. The smallest absolute Gasteiger partial charge is 0.416 e. The monoisotopic (exact) mass is 629 g/mol. The number of aromatic hydroxyl groups is 1. The summed E-state index contributed by atoms with van der Waals surface area (Å²) in [4.78, 5) is 20.8. The molecule has 1 aliphatic heterocycles. The molecule has 2 heterocycles. The van der Waals surface area contributed by atoms with Crippen molar-refractivity contribution >= 4 is 17.4 Å². The number of benzene rings is 2. The highest BCUT2D eigenvalue weighted by Crippen LogP contribution is 2.43. The molecule has 1 saturated heterocycles. The molecule has 2 unspecified atom stereocenters. The minimum atomic E-state index is -5.12. The van der Waals surface area contributed by atoms with Crippen LogP contribution in [-0.4, -0.2) is 58.6 Å². The van der Waals surface area contributed by atoms with Crippen LogP contribution < -0.4 is 9.80 Å². The van der Waals surface area contributed by atoms with E-state index in [2.05, 4.69) is 4.98 Å². The number of β-amino-alcohol motifs (C(OH)–C–C–N with tert-alkyl or cyclic N) is 1. The van der Waals surface area contributed by atoms with E-state index in [1.54, 1.807) is 4.90 Å². The number of likely N-dealkylation sites (N-methyl/N-ethyl adjacent to an activating group) is 1. The van der Waals surface area contributed by atoms with Crippen LogP contribution in [0.2, 0.25) is 0 Å². The summed E-state index contributed by atoms with van der Waals surface area (Å²) in [7, 11) is 1.24. The molecule has 0 spiro atoms. The second-order valence-electron chi connectivity index (χ2n) is 11.3. The quantitative estimate of drug-likeness (QED) is 0.298. The number of hydrogen-bond donors (Lipinski definition) is 3. The fourth-order valence-corrected chi connectivity index (χ4v) is 5.28. The highest BCUT2D eigenvalue weighted by Gasteiger charge is 2.41. The Labute approximate surface area is 248 Å². The predicted octanol–water partition coefficient (Wildman–Crippen LogP) is 5.81. The fraction of sp³-hybridized carbons (Fsp3) is 0.400. The Morgan fingerprint density at radius 1 is 1.00 bits per heavy atom. The molecule has 3 N–H and O–H groups in total. The lowest BCUT2D eigenvalue weighted by molar-refractivity contribution is -0.143. The number of alkyl halides is 6. The summed E-state index contributed by atoms with van der Waals surface area (Å²) in [6.45, 7) is 3.46. The fourth-order valence-electron chi connectivity index (χ4n) is 5.28. The van der Waals surface area contributed by atoms with E-state index in [-0.39, 0.29) is 53.8 Å². The van der Waals surface area contributed by atoms with Crippen molar-refractivity contribution in [3.8, 4) is 16.9 Å². The van der Waals surface area contributed by atoms with Crippen LogP contribution in [-0.2, 0) is 22.6 Å². The Hall–Kier alpha value is -3.91. The van der Waals surface area contributed by atoms with E-state index in [9.17, 15) is 50.8 Å². The Balaban J connectivity index is 1.86. The van der Waals surface area contributed by atoms with Crippen molar-refractivity contribution in [3.05, 3.63) is 70.7 Å². The van der Waals surface area contributed by atoms with Crippen molar-refractivity contribution in [3.63, 3.8) is 0 Å². The number of aliphatic hydroxyl groups is 2. The molecular formula is C30H30F7N3O4. The van der Waals surface area contributed by atoms with Gasteiger partial charge in [-0.05, 0) is 69.2 Å². The third-order valence-corrected chi connectivity index (χ3v) is 7.93. The molecule has 14 heteroatoms. The topological polar surface area (TPSA) is 97.1 Å². The van der Waals surface area contributed by atoms with Gasteiger partial charge in [0, 0.05) is 30.3 Å².